The van der Waals surface area contributed by atoms with Gasteiger partial charge in [-0.05, 0) is 11.6 Å². The van der Waals surface area contributed by atoms with Crippen LogP contribution in [0.4, 0.5) is 5.69 Å². The Labute approximate surface area is 132 Å². The smallest absolute Gasteiger partial charge is 0.270 e. The van der Waals surface area contributed by atoms with Crippen molar-refractivity contribution in [3.05, 3.63) is 38.3 Å². The van der Waals surface area contributed by atoms with E-state index in [0.29, 0.717) is 6.04 Å². The lowest BCUT2D eigenvalue weighted by Crippen LogP contribution is -2.61. The Bertz CT molecular complexity index is 528. The maximum absolute atomic E-state index is 10.9. The molecule has 1 aromatic rings. The van der Waals surface area contributed by atoms with Crippen LogP contribution in [0.1, 0.15) is 5.56 Å². The molecular weight excluding hydrogens is 336 g/mol. The quantitative estimate of drug-likeness (QED) is 0.654. The SMILES string of the molecule is O=[N+]([O-])c1cc(Br)cc(CN2CCN(C3CNC3)CC2)c1. The van der Waals surface area contributed by atoms with Gasteiger partial charge in [-0.15, -0.1) is 0 Å². The summed E-state index contributed by atoms with van der Waals surface area (Å²) >= 11 is 3.35. The summed E-state index contributed by atoms with van der Waals surface area (Å²) in [6, 6.07) is 5.90. The van der Waals surface area contributed by atoms with Gasteiger partial charge in [0.25, 0.3) is 5.69 Å². The summed E-state index contributed by atoms with van der Waals surface area (Å²) < 4.78 is 0.769. The van der Waals surface area contributed by atoms with Crippen molar-refractivity contribution in [3.8, 4) is 0 Å². The van der Waals surface area contributed by atoms with Crippen LogP contribution >= 0.6 is 15.9 Å². The molecule has 1 aromatic carbocycles. The van der Waals surface area contributed by atoms with Gasteiger partial charge in [0.2, 0.25) is 0 Å². The maximum Gasteiger partial charge on any atom is 0.270 e. The molecule has 0 aliphatic carbocycles. The van der Waals surface area contributed by atoms with Crippen molar-refractivity contribution >= 4 is 21.6 Å². The van der Waals surface area contributed by atoms with Crippen LogP contribution in [-0.4, -0.2) is 60.0 Å². The molecule has 3 rings (SSSR count). The molecule has 21 heavy (non-hydrogen) atoms. The highest BCUT2D eigenvalue weighted by atomic mass is 79.9. The van der Waals surface area contributed by atoms with Crippen LogP contribution in [0.2, 0.25) is 0 Å². The van der Waals surface area contributed by atoms with Gasteiger partial charge in [0.1, 0.15) is 0 Å². The number of hydrogen-bond donors (Lipinski definition) is 1. The fraction of sp³-hybridized carbons (Fsp3) is 0.571. The highest BCUT2D eigenvalue weighted by molar-refractivity contribution is 9.10. The minimum atomic E-state index is -0.338. The normalized spacial score (nSPS) is 21.2. The van der Waals surface area contributed by atoms with E-state index < -0.39 is 0 Å². The van der Waals surface area contributed by atoms with Crippen LogP contribution in [0.15, 0.2) is 22.7 Å². The molecule has 0 unspecified atom stereocenters. The van der Waals surface area contributed by atoms with Crippen LogP contribution in [0.5, 0.6) is 0 Å². The molecular formula is C14H19BrN4O2. The average molecular weight is 355 g/mol. The molecule has 1 N–H and O–H groups in total. The molecule has 7 heteroatoms. The minimum Gasteiger partial charge on any atom is -0.314 e. The van der Waals surface area contributed by atoms with Gasteiger partial charge in [0, 0.05) is 68.5 Å². The van der Waals surface area contributed by atoms with E-state index >= 15 is 0 Å². The maximum atomic E-state index is 10.9. The van der Waals surface area contributed by atoms with E-state index in [4.69, 9.17) is 0 Å². The van der Waals surface area contributed by atoms with Gasteiger partial charge >= 0.3 is 0 Å². The second-order valence-corrected chi connectivity index (χ2v) is 6.61. The third-order valence-electron chi connectivity index (χ3n) is 4.24. The number of non-ortho nitro benzene ring substituents is 1. The fourth-order valence-corrected chi connectivity index (χ4v) is 3.44. The molecule has 114 valence electrons. The van der Waals surface area contributed by atoms with Crippen molar-refractivity contribution in [1.29, 1.82) is 0 Å². The highest BCUT2D eigenvalue weighted by Gasteiger charge is 2.27. The lowest BCUT2D eigenvalue weighted by Gasteiger charge is -2.43. The van der Waals surface area contributed by atoms with E-state index in [9.17, 15) is 10.1 Å². The first-order valence-corrected chi connectivity index (χ1v) is 8.02. The third-order valence-corrected chi connectivity index (χ3v) is 4.70. The van der Waals surface area contributed by atoms with E-state index in [-0.39, 0.29) is 10.6 Å². The van der Waals surface area contributed by atoms with Gasteiger partial charge < -0.3 is 5.32 Å². The molecule has 0 spiro atoms. The van der Waals surface area contributed by atoms with Crippen LogP contribution in [0.3, 0.4) is 0 Å². The van der Waals surface area contributed by atoms with Gasteiger partial charge in [-0.25, -0.2) is 0 Å². The topological polar surface area (TPSA) is 61.7 Å². The van der Waals surface area contributed by atoms with Crippen molar-refractivity contribution in [2.45, 2.75) is 12.6 Å². The van der Waals surface area contributed by atoms with Crippen molar-refractivity contribution in [2.75, 3.05) is 39.3 Å². The van der Waals surface area contributed by atoms with Crippen LogP contribution < -0.4 is 5.32 Å². The Morgan fingerprint density at radius 3 is 2.52 bits per heavy atom. The summed E-state index contributed by atoms with van der Waals surface area (Å²) in [6.07, 6.45) is 0. The zero-order chi connectivity index (χ0) is 14.8. The van der Waals surface area contributed by atoms with Crippen LogP contribution in [-0.2, 0) is 6.54 Å². The molecule has 0 atom stereocenters. The number of rotatable bonds is 4. The molecule has 0 amide bonds. The van der Waals surface area contributed by atoms with Crippen LogP contribution in [0, 0.1) is 10.1 Å². The Balaban J connectivity index is 1.58. The first-order valence-electron chi connectivity index (χ1n) is 7.23. The number of benzene rings is 1. The molecule has 2 heterocycles. The summed E-state index contributed by atoms with van der Waals surface area (Å²) in [5, 5.41) is 14.2. The molecule has 0 saturated carbocycles. The predicted molar refractivity (Wildman–Crippen MR) is 84.3 cm³/mol. The Hall–Kier alpha value is -1.02. The van der Waals surface area contributed by atoms with E-state index in [1.54, 1.807) is 12.1 Å². The van der Waals surface area contributed by atoms with Gasteiger partial charge in [0.15, 0.2) is 0 Å². The van der Waals surface area contributed by atoms with Gasteiger partial charge in [-0.3, -0.25) is 19.9 Å². The lowest BCUT2D eigenvalue weighted by molar-refractivity contribution is -0.385. The third kappa shape index (κ3) is 3.60. The number of hydrogen-bond acceptors (Lipinski definition) is 5. The number of nitro benzene ring substituents is 1. The van der Waals surface area contributed by atoms with Gasteiger partial charge in [0.05, 0.1) is 4.92 Å². The first-order chi connectivity index (χ1) is 10.1. The molecule has 2 saturated heterocycles. The van der Waals surface area contributed by atoms with Crippen LogP contribution in [0.25, 0.3) is 0 Å². The standard InChI is InChI=1S/C14H19BrN4O2/c15-12-5-11(6-13(7-12)19(20)21)10-17-1-3-18(4-2-17)14-8-16-9-14/h5-7,14,16H,1-4,8-10H2. The highest BCUT2D eigenvalue weighted by Crippen LogP contribution is 2.23. The number of nitro groups is 1. The monoisotopic (exact) mass is 354 g/mol. The summed E-state index contributed by atoms with van der Waals surface area (Å²) in [5.41, 5.74) is 1.15. The summed E-state index contributed by atoms with van der Waals surface area (Å²) in [5.74, 6) is 0. The van der Waals surface area contributed by atoms with E-state index in [1.807, 2.05) is 6.07 Å². The van der Waals surface area contributed by atoms with Gasteiger partial charge in [-0.1, -0.05) is 15.9 Å². The zero-order valence-electron chi connectivity index (χ0n) is 11.8. The van der Waals surface area contributed by atoms with Crippen molar-refractivity contribution < 1.29 is 4.92 Å². The molecule has 0 radical (unpaired) electrons. The number of nitrogens with zero attached hydrogens (tertiary/aromatic N) is 3. The Morgan fingerprint density at radius 2 is 1.95 bits per heavy atom. The van der Waals surface area contributed by atoms with Gasteiger partial charge in [-0.2, -0.15) is 0 Å². The van der Waals surface area contributed by atoms with E-state index in [2.05, 4.69) is 31.0 Å². The Kier molecular flexibility index (Phi) is 4.54. The lowest BCUT2D eigenvalue weighted by atomic mass is 10.1. The summed E-state index contributed by atoms with van der Waals surface area (Å²) in [7, 11) is 0. The Morgan fingerprint density at radius 1 is 1.24 bits per heavy atom. The molecule has 6 nitrogen and oxygen atoms in total. The second-order valence-electron chi connectivity index (χ2n) is 5.70. The van der Waals surface area contributed by atoms with E-state index in [1.165, 1.54) is 0 Å². The number of halogens is 1. The zero-order valence-corrected chi connectivity index (χ0v) is 13.4. The first kappa shape index (κ1) is 14.9. The summed E-state index contributed by atoms with van der Waals surface area (Å²) in [4.78, 5) is 15.5. The van der Waals surface area contributed by atoms with Crippen molar-refractivity contribution in [3.63, 3.8) is 0 Å². The van der Waals surface area contributed by atoms with Crippen molar-refractivity contribution in [1.82, 2.24) is 15.1 Å². The molecule has 0 bridgehead atoms. The molecule has 2 aliphatic heterocycles. The van der Waals surface area contributed by atoms with E-state index in [0.717, 1.165) is 55.8 Å². The predicted octanol–water partition coefficient (Wildman–Crippen LogP) is 1.45. The summed E-state index contributed by atoms with van der Waals surface area (Å²) in [6.45, 7) is 7.21. The second kappa shape index (κ2) is 6.39. The number of piperazine rings is 1. The molecule has 2 aliphatic rings. The molecule has 0 aromatic heterocycles. The average Bonchev–Trinajstić information content (AvgIpc) is 2.38. The largest absolute Gasteiger partial charge is 0.314 e. The number of nitrogens with one attached hydrogen (secondary N) is 1. The van der Waals surface area contributed by atoms with Crippen molar-refractivity contribution in [2.24, 2.45) is 0 Å². The molecule has 2 fully saturated rings. The minimum absolute atomic E-state index is 0.151. The fourth-order valence-electron chi connectivity index (χ4n) is 2.91.